The van der Waals surface area contributed by atoms with E-state index in [-0.39, 0.29) is 0 Å². The Morgan fingerprint density at radius 3 is 2.15 bits per heavy atom. The Morgan fingerprint density at radius 2 is 1.44 bits per heavy atom. The Bertz CT molecular complexity index is 1150. The van der Waals surface area contributed by atoms with Gasteiger partial charge in [-0.3, -0.25) is 0 Å². The summed E-state index contributed by atoms with van der Waals surface area (Å²) in [5.41, 5.74) is 4.20. The fourth-order valence-corrected chi connectivity index (χ4v) is 5.50. The summed E-state index contributed by atoms with van der Waals surface area (Å²) in [6.07, 6.45) is 1.74. The van der Waals surface area contributed by atoms with Gasteiger partial charge in [0.2, 0.25) is 0 Å². The fraction of sp³-hybridized carbons (Fsp3) is 0.136. The number of aryl methyl sites for hydroxylation is 2. The summed E-state index contributed by atoms with van der Waals surface area (Å²) in [6.45, 7) is 4.09. The van der Waals surface area contributed by atoms with Crippen molar-refractivity contribution in [3.63, 3.8) is 0 Å². The van der Waals surface area contributed by atoms with Crippen LogP contribution in [-0.4, -0.2) is 30.1 Å². The maximum absolute atomic E-state index is 13.0. The molecule has 0 atom stereocenters. The van der Waals surface area contributed by atoms with Crippen molar-refractivity contribution in [3.05, 3.63) is 71.9 Å². The molecule has 4 aromatic rings. The summed E-state index contributed by atoms with van der Waals surface area (Å²) in [7, 11) is 0. The first-order chi connectivity index (χ1) is 12.8. The molecule has 0 N–H and O–H groups in total. The molecule has 136 valence electrons. The van der Waals surface area contributed by atoms with Crippen LogP contribution in [0.2, 0.25) is 0 Å². The summed E-state index contributed by atoms with van der Waals surface area (Å²) in [5, 5.41) is 3.45. The molecule has 0 amide bonds. The number of fused-ring (bicyclic) bond motifs is 3. The molecular weight excluding hydrogens is 463 g/mol. The van der Waals surface area contributed by atoms with Crippen LogP contribution in [0.4, 0.5) is 13.2 Å². The van der Waals surface area contributed by atoms with Crippen molar-refractivity contribution in [1.29, 1.82) is 0 Å². The zero-order valence-electron chi connectivity index (χ0n) is 14.8. The zero-order chi connectivity index (χ0) is 19.2. The number of benzene rings is 3. The van der Waals surface area contributed by atoms with Crippen LogP contribution in [0.25, 0.3) is 32.8 Å². The third kappa shape index (κ3) is 3.67. The number of pyridine rings is 1. The molecule has 0 aliphatic heterocycles. The van der Waals surface area contributed by atoms with Crippen LogP contribution >= 0.6 is 0 Å². The van der Waals surface area contributed by atoms with Gasteiger partial charge in [-0.2, -0.15) is 0 Å². The average molecular weight is 479 g/mol. The number of nitrogens with zero attached hydrogens (tertiary/aromatic N) is 1. The number of rotatable bonds is 2. The predicted molar refractivity (Wildman–Crippen MR) is 106 cm³/mol. The van der Waals surface area contributed by atoms with E-state index in [4.69, 9.17) is 0 Å². The van der Waals surface area contributed by atoms with Gasteiger partial charge in [-0.25, -0.2) is 0 Å². The average Bonchev–Trinajstić information content (AvgIpc) is 2.59. The monoisotopic (exact) mass is 481 g/mol. The molecule has 0 spiro atoms. The summed E-state index contributed by atoms with van der Waals surface area (Å²) < 4.78 is 35.3. The molecule has 27 heavy (non-hydrogen) atoms. The van der Waals surface area contributed by atoms with Crippen LogP contribution in [0.15, 0.2) is 60.8 Å². The fourth-order valence-electron chi connectivity index (χ4n) is 3.55. The Kier molecular flexibility index (Phi) is 4.61. The first-order valence-electron chi connectivity index (χ1n) is 8.47. The van der Waals surface area contributed by atoms with Crippen LogP contribution in [0.3, 0.4) is 0 Å². The number of alkyl halides is 3. The van der Waals surface area contributed by atoms with E-state index < -0.39 is 25.1 Å². The maximum atomic E-state index is 13.0. The molecule has 0 bridgehead atoms. The molecule has 0 fully saturated rings. The van der Waals surface area contributed by atoms with Crippen LogP contribution in [0.1, 0.15) is 11.1 Å². The van der Waals surface area contributed by atoms with Gasteiger partial charge < -0.3 is 0 Å². The first kappa shape index (κ1) is 18.3. The van der Waals surface area contributed by atoms with Gasteiger partial charge in [-0.05, 0) is 0 Å². The number of aromatic nitrogens is 1. The van der Waals surface area contributed by atoms with Crippen LogP contribution in [-0.2, 0) is 0 Å². The normalized spacial score (nSPS) is 12.0. The van der Waals surface area contributed by atoms with Gasteiger partial charge >= 0.3 is 165 Å². The Labute approximate surface area is 165 Å². The number of hydrogen-bond acceptors (Lipinski definition) is 1. The molecule has 1 nitrogen and oxygen atoms in total. The minimum absolute atomic E-state index is 0.428. The summed E-state index contributed by atoms with van der Waals surface area (Å²) in [6, 6.07) is 17.1. The molecule has 5 heteroatoms. The Balaban J connectivity index is 1.98. The topological polar surface area (TPSA) is 12.9 Å². The van der Waals surface area contributed by atoms with E-state index in [2.05, 4.69) is 23.2 Å². The van der Waals surface area contributed by atoms with Crippen LogP contribution < -0.4 is 3.61 Å². The molecule has 0 unspecified atom stereocenters. The molecule has 3 aromatic carbocycles. The molecule has 0 aliphatic carbocycles. The van der Waals surface area contributed by atoms with Crippen molar-refractivity contribution >= 4 is 46.1 Å². The van der Waals surface area contributed by atoms with Gasteiger partial charge in [0.1, 0.15) is 0 Å². The molecule has 0 aliphatic rings. The summed E-state index contributed by atoms with van der Waals surface area (Å²) in [5.74, 6) is 0. The zero-order valence-corrected chi connectivity index (χ0v) is 17.1. The SMILES string of the molecule is Cc1cc(C)cc(-c2nccc3c2ccc2c([Te]C(F)(F)F)cccc23)c1. The van der Waals surface area contributed by atoms with Gasteiger partial charge in [0, 0.05) is 0 Å². The Morgan fingerprint density at radius 1 is 0.778 bits per heavy atom. The second kappa shape index (κ2) is 6.82. The molecule has 1 aromatic heterocycles. The third-order valence-electron chi connectivity index (χ3n) is 4.48. The minimum atomic E-state index is -4.10. The van der Waals surface area contributed by atoms with E-state index in [1.165, 1.54) is 0 Å². The molecule has 4 rings (SSSR count). The van der Waals surface area contributed by atoms with Crippen molar-refractivity contribution in [2.75, 3.05) is 0 Å². The van der Waals surface area contributed by atoms with E-state index in [1.807, 2.05) is 38.1 Å². The van der Waals surface area contributed by atoms with Crippen molar-refractivity contribution in [2.45, 2.75) is 18.1 Å². The van der Waals surface area contributed by atoms with Crippen molar-refractivity contribution in [2.24, 2.45) is 0 Å². The van der Waals surface area contributed by atoms with Crippen molar-refractivity contribution in [3.8, 4) is 11.3 Å². The van der Waals surface area contributed by atoms with Gasteiger partial charge in [-0.1, -0.05) is 0 Å². The second-order valence-corrected chi connectivity index (χ2v) is 9.75. The number of hydrogen-bond donors (Lipinski definition) is 0. The number of halogens is 3. The quantitative estimate of drug-likeness (QED) is 0.273. The van der Waals surface area contributed by atoms with Crippen LogP contribution in [0.5, 0.6) is 0 Å². The second-order valence-electron chi connectivity index (χ2n) is 6.60. The summed E-state index contributed by atoms with van der Waals surface area (Å²) in [4.78, 5) is 4.58. The van der Waals surface area contributed by atoms with Gasteiger partial charge in [-0.15, -0.1) is 0 Å². The van der Waals surface area contributed by atoms with Crippen molar-refractivity contribution < 1.29 is 13.2 Å². The van der Waals surface area contributed by atoms with Gasteiger partial charge in [0.05, 0.1) is 0 Å². The molecule has 0 radical (unpaired) electrons. The summed E-state index contributed by atoms with van der Waals surface area (Å²) >= 11 is -2.26. The van der Waals surface area contributed by atoms with E-state index >= 15 is 0 Å². The van der Waals surface area contributed by atoms with Gasteiger partial charge in [0.25, 0.3) is 0 Å². The van der Waals surface area contributed by atoms with E-state index in [1.54, 1.807) is 18.3 Å². The van der Waals surface area contributed by atoms with Gasteiger partial charge in [0.15, 0.2) is 0 Å². The molecule has 0 saturated heterocycles. The van der Waals surface area contributed by atoms with Crippen LogP contribution in [0, 0.1) is 13.8 Å². The first-order valence-corrected chi connectivity index (χ1v) is 10.8. The van der Waals surface area contributed by atoms with E-state index in [0.29, 0.717) is 9.00 Å². The van der Waals surface area contributed by atoms with Crippen molar-refractivity contribution in [1.82, 2.24) is 4.98 Å². The Hall–Kier alpha value is -2.09. The molecule has 0 saturated carbocycles. The van der Waals surface area contributed by atoms with E-state index in [9.17, 15) is 13.2 Å². The standard InChI is InChI=1S/C22H16F3NTe/c1-13-10-14(2)12-15(11-13)21-19-7-6-18-16(17(19)8-9-26-21)4-3-5-20(18)27-22(23,24)25/h3-12H,1-2H3. The predicted octanol–water partition coefficient (Wildman–Crippen LogP) is 5.52. The third-order valence-corrected chi connectivity index (χ3v) is 6.79. The van der Waals surface area contributed by atoms with E-state index in [0.717, 1.165) is 38.5 Å². The molecule has 1 heterocycles. The molecular formula is C22H16F3NTe.